The average molecular weight is 200 g/mol. The van der Waals surface area contributed by atoms with Gasteiger partial charge in [0.2, 0.25) is 5.91 Å². The second kappa shape index (κ2) is 3.21. The van der Waals surface area contributed by atoms with Crippen molar-refractivity contribution in [2.75, 3.05) is 0 Å². The van der Waals surface area contributed by atoms with Gasteiger partial charge in [0.1, 0.15) is 0 Å². The van der Waals surface area contributed by atoms with Crippen molar-refractivity contribution in [3.63, 3.8) is 0 Å². The van der Waals surface area contributed by atoms with Crippen LogP contribution >= 0.6 is 12.6 Å². The molecule has 5 nitrogen and oxygen atoms in total. The Morgan fingerprint density at radius 2 is 2.00 bits per heavy atom. The molecule has 6 heteroatoms. The second-order valence-electron chi connectivity index (χ2n) is 2.69. The number of carbonyl (C=O) groups excluding carboxylic acids is 1. The van der Waals surface area contributed by atoms with Gasteiger partial charge in [0.25, 0.3) is 0 Å². The Kier molecular flexibility index (Phi) is 2.42. The molecule has 13 heavy (non-hydrogen) atoms. The zero-order chi connectivity index (χ0) is 10.1. The topological polar surface area (TPSA) is 86.2 Å². The van der Waals surface area contributed by atoms with Crippen molar-refractivity contribution in [3.8, 4) is 0 Å². The Hall–Kier alpha value is -1.30. The summed E-state index contributed by atoms with van der Waals surface area (Å²) in [6.45, 7) is 0. The monoisotopic (exact) mass is 200 g/mol. The van der Waals surface area contributed by atoms with Gasteiger partial charge >= 0.3 is 4.87 Å². The Morgan fingerprint density at radius 1 is 1.54 bits per heavy atom. The van der Waals surface area contributed by atoms with Gasteiger partial charge < -0.3 is 5.73 Å². The van der Waals surface area contributed by atoms with Crippen LogP contribution < -0.4 is 5.73 Å². The van der Waals surface area contributed by atoms with Crippen LogP contribution in [0.25, 0.3) is 0 Å². The molecular weight excluding hydrogens is 192 g/mol. The summed E-state index contributed by atoms with van der Waals surface area (Å²) < 4.78 is 0. The molecule has 0 saturated heterocycles. The standard InChI is InChI=1S/C7H8N2O3S/c8-6(10)5-1-3-7(13,4-2-5)9(11)12/h1-5,13H,(H2,8,10). The minimum atomic E-state index is -1.51. The first-order chi connectivity index (χ1) is 5.96. The first-order valence-electron chi connectivity index (χ1n) is 3.50. The Labute approximate surface area is 79.9 Å². The van der Waals surface area contributed by atoms with Crippen molar-refractivity contribution < 1.29 is 9.72 Å². The number of amides is 1. The Morgan fingerprint density at radius 3 is 2.31 bits per heavy atom. The van der Waals surface area contributed by atoms with Gasteiger partial charge in [-0.3, -0.25) is 14.9 Å². The first-order valence-corrected chi connectivity index (χ1v) is 3.95. The molecule has 1 rings (SSSR count). The molecule has 0 aromatic rings. The molecule has 0 aromatic carbocycles. The maximum absolute atomic E-state index is 10.7. The summed E-state index contributed by atoms with van der Waals surface area (Å²) >= 11 is 3.83. The van der Waals surface area contributed by atoms with Crippen molar-refractivity contribution in [2.24, 2.45) is 11.7 Å². The number of nitrogens with zero attached hydrogens (tertiary/aromatic N) is 1. The molecule has 0 aromatic heterocycles. The zero-order valence-corrected chi connectivity index (χ0v) is 7.48. The van der Waals surface area contributed by atoms with E-state index in [1.807, 2.05) is 0 Å². The summed E-state index contributed by atoms with van der Waals surface area (Å²) in [5.74, 6) is -1.11. The van der Waals surface area contributed by atoms with Crippen molar-refractivity contribution in [1.29, 1.82) is 0 Å². The van der Waals surface area contributed by atoms with E-state index in [1.165, 1.54) is 24.3 Å². The van der Waals surface area contributed by atoms with Crippen molar-refractivity contribution in [1.82, 2.24) is 0 Å². The van der Waals surface area contributed by atoms with Crippen molar-refractivity contribution >= 4 is 18.5 Å². The van der Waals surface area contributed by atoms with Gasteiger partial charge in [-0.15, -0.1) is 0 Å². The summed E-state index contributed by atoms with van der Waals surface area (Å²) in [5, 5.41) is 10.5. The van der Waals surface area contributed by atoms with E-state index in [4.69, 9.17) is 5.73 Å². The van der Waals surface area contributed by atoms with Crippen LogP contribution in [0.5, 0.6) is 0 Å². The predicted octanol–water partition coefficient (Wildman–Crippen LogP) is 0.117. The summed E-state index contributed by atoms with van der Waals surface area (Å²) in [7, 11) is 0. The number of primary amides is 1. The van der Waals surface area contributed by atoms with Gasteiger partial charge in [0.05, 0.1) is 5.92 Å². The highest BCUT2D eigenvalue weighted by atomic mass is 32.1. The van der Waals surface area contributed by atoms with Crippen LogP contribution in [-0.2, 0) is 4.79 Å². The van der Waals surface area contributed by atoms with E-state index in [9.17, 15) is 14.9 Å². The molecule has 0 radical (unpaired) electrons. The van der Waals surface area contributed by atoms with Gasteiger partial charge in [-0.2, -0.15) is 0 Å². The van der Waals surface area contributed by atoms with E-state index in [-0.39, 0.29) is 0 Å². The molecule has 0 fully saturated rings. The predicted molar refractivity (Wildman–Crippen MR) is 49.7 cm³/mol. The quantitative estimate of drug-likeness (QED) is 0.218. The molecule has 1 aliphatic carbocycles. The lowest BCUT2D eigenvalue weighted by Gasteiger charge is -2.16. The summed E-state index contributed by atoms with van der Waals surface area (Å²) in [4.78, 5) is 19.1. The highest BCUT2D eigenvalue weighted by Crippen LogP contribution is 2.25. The number of thiol groups is 1. The zero-order valence-electron chi connectivity index (χ0n) is 6.58. The summed E-state index contributed by atoms with van der Waals surface area (Å²) in [6, 6.07) is 0. The summed E-state index contributed by atoms with van der Waals surface area (Å²) in [6.07, 6.45) is 5.23. The van der Waals surface area contributed by atoms with E-state index in [2.05, 4.69) is 12.6 Å². The van der Waals surface area contributed by atoms with Crippen molar-refractivity contribution in [2.45, 2.75) is 4.87 Å². The molecule has 0 spiro atoms. The average Bonchev–Trinajstić information content (AvgIpc) is 2.04. The lowest BCUT2D eigenvalue weighted by Crippen LogP contribution is -2.31. The summed E-state index contributed by atoms with van der Waals surface area (Å²) in [5.41, 5.74) is 5.00. The maximum Gasteiger partial charge on any atom is 0.301 e. The minimum absolute atomic E-state index is 0.536. The highest BCUT2D eigenvalue weighted by Gasteiger charge is 2.35. The fourth-order valence-electron chi connectivity index (χ4n) is 0.922. The molecular formula is C7H8N2O3S. The highest BCUT2D eigenvalue weighted by molar-refractivity contribution is 7.82. The van der Waals surface area contributed by atoms with Gasteiger partial charge in [-0.05, 0) is 0 Å². The molecule has 70 valence electrons. The lowest BCUT2D eigenvalue weighted by molar-refractivity contribution is -0.510. The van der Waals surface area contributed by atoms with Crippen LogP contribution in [0.4, 0.5) is 0 Å². The first kappa shape index (κ1) is 9.79. The number of nitrogens with two attached hydrogens (primary N) is 1. The third-order valence-corrected chi connectivity index (χ3v) is 2.18. The molecule has 0 unspecified atom stereocenters. The molecule has 0 heterocycles. The van der Waals surface area contributed by atoms with Crippen LogP contribution in [0.3, 0.4) is 0 Å². The largest absolute Gasteiger partial charge is 0.369 e. The fourth-order valence-corrected chi connectivity index (χ4v) is 1.09. The molecule has 2 N–H and O–H groups in total. The molecule has 0 bridgehead atoms. The lowest BCUT2D eigenvalue weighted by atomic mass is 10.0. The molecule has 1 aliphatic rings. The number of hydrogen-bond acceptors (Lipinski definition) is 4. The van der Waals surface area contributed by atoms with Crippen LogP contribution in [-0.4, -0.2) is 15.7 Å². The fraction of sp³-hybridized carbons (Fsp3) is 0.286. The van der Waals surface area contributed by atoms with Crippen molar-refractivity contribution in [3.05, 3.63) is 34.4 Å². The molecule has 0 aliphatic heterocycles. The number of hydrogen-bond donors (Lipinski definition) is 2. The van der Waals surface area contributed by atoms with Gasteiger partial charge in [0.15, 0.2) is 0 Å². The normalized spacial score (nSPS) is 31.6. The van der Waals surface area contributed by atoms with Crippen LogP contribution in [0.15, 0.2) is 24.3 Å². The minimum Gasteiger partial charge on any atom is -0.369 e. The molecule has 1 amide bonds. The second-order valence-corrected chi connectivity index (χ2v) is 3.40. The number of nitro groups is 1. The van der Waals surface area contributed by atoms with Gasteiger partial charge in [-0.1, -0.05) is 24.8 Å². The van der Waals surface area contributed by atoms with E-state index >= 15 is 0 Å². The van der Waals surface area contributed by atoms with E-state index in [0.717, 1.165) is 0 Å². The smallest absolute Gasteiger partial charge is 0.301 e. The van der Waals surface area contributed by atoms with E-state index < -0.39 is 21.6 Å². The Balaban J connectivity index is 2.85. The molecule has 0 atom stereocenters. The van der Waals surface area contributed by atoms with Gasteiger partial charge in [-0.25, -0.2) is 0 Å². The maximum atomic E-state index is 10.7. The van der Waals surface area contributed by atoms with E-state index in [0.29, 0.717) is 0 Å². The third kappa shape index (κ3) is 1.89. The number of carbonyl (C=O) groups is 1. The third-order valence-electron chi connectivity index (χ3n) is 1.72. The number of rotatable bonds is 2. The van der Waals surface area contributed by atoms with Crippen LogP contribution in [0, 0.1) is 16.0 Å². The molecule has 0 saturated carbocycles. The Bertz CT molecular complexity index is 297. The van der Waals surface area contributed by atoms with Crippen LogP contribution in [0.2, 0.25) is 0 Å². The van der Waals surface area contributed by atoms with Gasteiger partial charge in [0, 0.05) is 17.1 Å². The van der Waals surface area contributed by atoms with Crippen LogP contribution in [0.1, 0.15) is 0 Å². The van der Waals surface area contributed by atoms with E-state index in [1.54, 1.807) is 0 Å². The SMILES string of the molecule is NC(=O)C1C=CC(S)([N+](=O)[O-])C=C1.